The van der Waals surface area contributed by atoms with E-state index in [0.29, 0.717) is 12.0 Å². The molecule has 7 unspecified atom stereocenters. The number of rotatable bonds is 2. The van der Waals surface area contributed by atoms with Crippen LogP contribution < -0.4 is 0 Å². The van der Waals surface area contributed by atoms with Crippen molar-refractivity contribution in [2.24, 2.45) is 40.9 Å². The van der Waals surface area contributed by atoms with Crippen molar-refractivity contribution < 1.29 is 5.11 Å². The van der Waals surface area contributed by atoms with Crippen LogP contribution in [0.2, 0.25) is 0 Å². The molecule has 4 aliphatic rings. The largest absolute Gasteiger partial charge is 0.396 e. The van der Waals surface area contributed by atoms with Gasteiger partial charge in [0, 0.05) is 6.61 Å². The van der Waals surface area contributed by atoms with Crippen molar-refractivity contribution in [3.8, 4) is 0 Å². The van der Waals surface area contributed by atoms with Gasteiger partial charge in [-0.3, -0.25) is 0 Å². The predicted molar refractivity (Wildman–Crippen MR) is 63.7 cm³/mol. The zero-order chi connectivity index (χ0) is 10.9. The number of hydrogen-bond acceptors (Lipinski definition) is 1. The Morgan fingerprint density at radius 3 is 2.62 bits per heavy atom. The molecule has 1 heteroatoms. The van der Waals surface area contributed by atoms with E-state index < -0.39 is 0 Å². The standard InChI is InChI=1S/C15H22O/c1-2-15(8-16)7-11-6-12(15)14-10-4-3-9(5-10)13(11)14/h3-4,9-14,16H,2,5-8H2,1H3. The van der Waals surface area contributed by atoms with Crippen LogP contribution in [0.25, 0.3) is 0 Å². The summed E-state index contributed by atoms with van der Waals surface area (Å²) < 4.78 is 0. The van der Waals surface area contributed by atoms with Crippen molar-refractivity contribution in [1.82, 2.24) is 0 Å². The molecular weight excluding hydrogens is 196 g/mol. The molecule has 16 heavy (non-hydrogen) atoms. The fourth-order valence-corrected chi connectivity index (χ4v) is 6.02. The first-order chi connectivity index (χ1) is 7.79. The molecule has 0 aliphatic heterocycles. The molecule has 0 heterocycles. The molecule has 4 aliphatic carbocycles. The summed E-state index contributed by atoms with van der Waals surface area (Å²) in [6.07, 6.45) is 10.4. The van der Waals surface area contributed by atoms with Gasteiger partial charge >= 0.3 is 0 Å². The van der Waals surface area contributed by atoms with E-state index in [-0.39, 0.29) is 0 Å². The van der Waals surface area contributed by atoms with Crippen LogP contribution in [0.4, 0.5) is 0 Å². The topological polar surface area (TPSA) is 20.2 Å². The van der Waals surface area contributed by atoms with Crippen molar-refractivity contribution in [2.75, 3.05) is 6.61 Å². The number of allylic oxidation sites excluding steroid dienone is 2. The SMILES string of the molecule is CCC1(CO)CC2CC1C1C3C=CC(C3)C21. The van der Waals surface area contributed by atoms with E-state index in [0.717, 1.165) is 35.5 Å². The lowest BCUT2D eigenvalue weighted by molar-refractivity contribution is 0.00496. The van der Waals surface area contributed by atoms with E-state index in [1.54, 1.807) is 0 Å². The highest BCUT2D eigenvalue weighted by molar-refractivity contribution is 5.22. The Balaban J connectivity index is 1.73. The van der Waals surface area contributed by atoms with Crippen LogP contribution in [0, 0.1) is 40.9 Å². The van der Waals surface area contributed by atoms with Crippen LogP contribution in [-0.2, 0) is 0 Å². The Bertz CT molecular complexity index is 341. The molecule has 1 N–H and O–H groups in total. The van der Waals surface area contributed by atoms with Crippen LogP contribution in [0.3, 0.4) is 0 Å². The molecule has 0 saturated heterocycles. The molecular formula is C15H22O. The number of hydrogen-bond donors (Lipinski definition) is 1. The molecule has 88 valence electrons. The van der Waals surface area contributed by atoms with E-state index in [4.69, 9.17) is 0 Å². The molecule has 0 aromatic heterocycles. The molecule has 4 rings (SSSR count). The Labute approximate surface area is 97.9 Å². The van der Waals surface area contributed by atoms with Crippen molar-refractivity contribution in [3.05, 3.63) is 12.2 Å². The lowest BCUT2D eigenvalue weighted by atomic mass is 9.61. The lowest BCUT2D eigenvalue weighted by Crippen LogP contribution is -2.40. The molecule has 0 aromatic carbocycles. The summed E-state index contributed by atoms with van der Waals surface area (Å²) in [4.78, 5) is 0. The Morgan fingerprint density at radius 2 is 1.94 bits per heavy atom. The van der Waals surface area contributed by atoms with E-state index >= 15 is 0 Å². The van der Waals surface area contributed by atoms with Gasteiger partial charge in [-0.05, 0) is 66.6 Å². The summed E-state index contributed by atoms with van der Waals surface area (Å²) in [5.41, 5.74) is 0.310. The molecule has 1 nitrogen and oxygen atoms in total. The second-order valence-electron chi connectivity index (χ2n) is 6.78. The van der Waals surface area contributed by atoms with E-state index in [1.165, 1.54) is 25.7 Å². The molecule has 0 radical (unpaired) electrons. The highest BCUT2D eigenvalue weighted by Crippen LogP contribution is 2.70. The summed E-state index contributed by atoms with van der Waals surface area (Å²) in [5.74, 6) is 5.54. The minimum Gasteiger partial charge on any atom is -0.396 e. The van der Waals surface area contributed by atoms with E-state index in [9.17, 15) is 5.11 Å². The average molecular weight is 218 g/mol. The molecule has 0 amide bonds. The zero-order valence-electron chi connectivity index (χ0n) is 10.1. The third kappa shape index (κ3) is 0.895. The van der Waals surface area contributed by atoms with Crippen LogP contribution >= 0.6 is 0 Å². The highest BCUT2D eigenvalue weighted by Gasteiger charge is 2.64. The third-order valence-electron chi connectivity index (χ3n) is 6.62. The maximum absolute atomic E-state index is 9.81. The molecule has 0 aromatic rings. The van der Waals surface area contributed by atoms with Crippen LogP contribution in [-0.4, -0.2) is 11.7 Å². The molecule has 0 spiro atoms. The summed E-state index contributed by atoms with van der Waals surface area (Å²) in [6, 6.07) is 0. The average Bonchev–Trinajstić information content (AvgIpc) is 3.05. The fraction of sp³-hybridized carbons (Fsp3) is 0.867. The minimum absolute atomic E-state index is 0.310. The van der Waals surface area contributed by atoms with Crippen LogP contribution in [0.5, 0.6) is 0 Å². The molecule has 4 bridgehead atoms. The smallest absolute Gasteiger partial charge is 0.0490 e. The third-order valence-corrected chi connectivity index (χ3v) is 6.62. The quantitative estimate of drug-likeness (QED) is 0.558. The van der Waals surface area contributed by atoms with Gasteiger partial charge in [0.15, 0.2) is 0 Å². The predicted octanol–water partition coefficient (Wildman–Crippen LogP) is 2.85. The van der Waals surface area contributed by atoms with Gasteiger partial charge in [-0.2, -0.15) is 0 Å². The van der Waals surface area contributed by atoms with E-state index in [1.807, 2.05) is 0 Å². The number of fused-ring (bicyclic) bond motifs is 9. The minimum atomic E-state index is 0.310. The Hall–Kier alpha value is -0.300. The summed E-state index contributed by atoms with van der Waals surface area (Å²) in [7, 11) is 0. The summed E-state index contributed by atoms with van der Waals surface area (Å²) in [5, 5.41) is 9.81. The molecule has 7 atom stereocenters. The zero-order valence-corrected chi connectivity index (χ0v) is 10.1. The fourth-order valence-electron chi connectivity index (χ4n) is 6.02. The van der Waals surface area contributed by atoms with Crippen molar-refractivity contribution >= 4 is 0 Å². The number of aliphatic hydroxyl groups excluding tert-OH is 1. The summed E-state index contributed by atoms with van der Waals surface area (Å²) in [6.45, 7) is 2.73. The number of aliphatic hydroxyl groups is 1. The maximum Gasteiger partial charge on any atom is 0.0490 e. The van der Waals surface area contributed by atoms with Gasteiger partial charge in [-0.25, -0.2) is 0 Å². The van der Waals surface area contributed by atoms with Gasteiger partial charge in [-0.1, -0.05) is 19.1 Å². The van der Waals surface area contributed by atoms with Gasteiger partial charge in [-0.15, -0.1) is 0 Å². The first-order valence-corrected chi connectivity index (χ1v) is 7.08. The van der Waals surface area contributed by atoms with Crippen molar-refractivity contribution in [1.29, 1.82) is 0 Å². The van der Waals surface area contributed by atoms with Crippen molar-refractivity contribution in [2.45, 2.75) is 32.6 Å². The highest BCUT2D eigenvalue weighted by atomic mass is 16.3. The van der Waals surface area contributed by atoms with Gasteiger partial charge in [0.05, 0.1) is 0 Å². The van der Waals surface area contributed by atoms with Crippen LogP contribution in [0.15, 0.2) is 12.2 Å². The first-order valence-electron chi connectivity index (χ1n) is 7.08. The molecule has 3 fully saturated rings. The van der Waals surface area contributed by atoms with Gasteiger partial charge < -0.3 is 5.11 Å². The summed E-state index contributed by atoms with van der Waals surface area (Å²) >= 11 is 0. The second kappa shape index (κ2) is 2.93. The maximum atomic E-state index is 9.81. The first kappa shape index (κ1) is 9.70. The van der Waals surface area contributed by atoms with E-state index in [2.05, 4.69) is 19.1 Å². The van der Waals surface area contributed by atoms with Crippen LogP contribution in [0.1, 0.15) is 32.6 Å². The van der Waals surface area contributed by atoms with Crippen molar-refractivity contribution in [3.63, 3.8) is 0 Å². The Kier molecular flexibility index (Phi) is 1.78. The van der Waals surface area contributed by atoms with Gasteiger partial charge in [0.2, 0.25) is 0 Å². The monoisotopic (exact) mass is 218 g/mol. The van der Waals surface area contributed by atoms with Gasteiger partial charge in [0.1, 0.15) is 0 Å². The second-order valence-corrected chi connectivity index (χ2v) is 6.78. The van der Waals surface area contributed by atoms with Gasteiger partial charge in [0.25, 0.3) is 0 Å². The normalized spacial score (nSPS) is 60.9. The lowest BCUT2D eigenvalue weighted by Gasteiger charge is -2.44. The Morgan fingerprint density at radius 1 is 1.19 bits per heavy atom. The molecule has 3 saturated carbocycles.